The summed E-state index contributed by atoms with van der Waals surface area (Å²) in [5, 5.41) is 14.5. The van der Waals surface area contributed by atoms with Crippen molar-refractivity contribution in [1.82, 2.24) is 5.32 Å². The van der Waals surface area contributed by atoms with Crippen LogP contribution in [0.1, 0.15) is 46.1 Å². The summed E-state index contributed by atoms with van der Waals surface area (Å²) in [7, 11) is 0. The van der Waals surface area contributed by atoms with Crippen molar-refractivity contribution in [3.8, 4) is 5.75 Å². The standard InChI is InChI=1S/C19H24N2O3/c1-18(2)9-12(10-19(3,4)21-18)20-11-14-16(22)13-7-5-6-8-15(13)24-17(14)23/h5-8,11-12,21-22H,9-10H2,1-4H3. The van der Waals surface area contributed by atoms with E-state index in [0.29, 0.717) is 11.0 Å². The molecule has 24 heavy (non-hydrogen) atoms. The van der Waals surface area contributed by atoms with Crippen molar-refractivity contribution in [2.75, 3.05) is 0 Å². The van der Waals surface area contributed by atoms with Gasteiger partial charge in [0, 0.05) is 17.3 Å². The van der Waals surface area contributed by atoms with Crippen LogP contribution in [0.4, 0.5) is 0 Å². The van der Waals surface area contributed by atoms with Gasteiger partial charge in [0.15, 0.2) is 0 Å². The van der Waals surface area contributed by atoms with E-state index in [1.165, 1.54) is 6.21 Å². The van der Waals surface area contributed by atoms with Crippen LogP contribution in [0.3, 0.4) is 0 Å². The maximum atomic E-state index is 12.2. The van der Waals surface area contributed by atoms with Crippen molar-refractivity contribution in [3.63, 3.8) is 0 Å². The van der Waals surface area contributed by atoms with Crippen LogP contribution in [0.5, 0.6) is 5.75 Å². The number of rotatable bonds is 2. The van der Waals surface area contributed by atoms with Gasteiger partial charge in [0.05, 0.1) is 11.4 Å². The van der Waals surface area contributed by atoms with Crippen LogP contribution in [-0.4, -0.2) is 28.4 Å². The first-order chi connectivity index (χ1) is 11.2. The lowest BCUT2D eigenvalue weighted by Crippen LogP contribution is -2.58. The predicted octanol–water partition coefficient (Wildman–Crippen LogP) is 3.23. The summed E-state index contributed by atoms with van der Waals surface area (Å²) in [5.41, 5.74) is -0.133. The quantitative estimate of drug-likeness (QED) is 0.655. The molecule has 0 spiro atoms. The first-order valence-electron chi connectivity index (χ1n) is 8.24. The minimum atomic E-state index is -0.567. The van der Waals surface area contributed by atoms with Crippen LogP contribution in [0, 0.1) is 0 Å². The molecule has 5 heteroatoms. The van der Waals surface area contributed by atoms with Gasteiger partial charge in [-0.2, -0.15) is 0 Å². The van der Waals surface area contributed by atoms with E-state index in [4.69, 9.17) is 4.42 Å². The SMILES string of the molecule is CC1(C)CC(N=Cc2c(O)c3ccccc3oc2=O)CC(C)(C)N1. The average Bonchev–Trinajstić information content (AvgIpc) is 2.43. The molecule has 0 saturated carbocycles. The van der Waals surface area contributed by atoms with Gasteiger partial charge in [-0.1, -0.05) is 12.1 Å². The average molecular weight is 328 g/mol. The Morgan fingerprint density at radius 1 is 1.21 bits per heavy atom. The van der Waals surface area contributed by atoms with Gasteiger partial charge >= 0.3 is 5.63 Å². The molecule has 1 aliphatic heterocycles. The maximum absolute atomic E-state index is 12.2. The van der Waals surface area contributed by atoms with Gasteiger partial charge in [0.25, 0.3) is 0 Å². The summed E-state index contributed by atoms with van der Waals surface area (Å²) in [6, 6.07) is 7.02. The first-order valence-corrected chi connectivity index (χ1v) is 8.24. The van der Waals surface area contributed by atoms with E-state index in [9.17, 15) is 9.90 Å². The molecule has 0 unspecified atom stereocenters. The highest BCUT2D eigenvalue weighted by molar-refractivity contribution is 5.93. The molecule has 2 N–H and O–H groups in total. The molecular formula is C19H24N2O3. The molecule has 1 saturated heterocycles. The molecule has 0 aliphatic carbocycles. The number of nitrogens with one attached hydrogen (secondary N) is 1. The highest BCUT2D eigenvalue weighted by Gasteiger charge is 2.37. The Hall–Kier alpha value is -2.14. The van der Waals surface area contributed by atoms with E-state index >= 15 is 0 Å². The summed E-state index contributed by atoms with van der Waals surface area (Å²) < 4.78 is 5.28. The lowest BCUT2D eigenvalue weighted by Gasteiger charge is -2.45. The summed E-state index contributed by atoms with van der Waals surface area (Å²) in [6.45, 7) is 8.60. The Balaban J connectivity index is 1.95. The van der Waals surface area contributed by atoms with Crippen LogP contribution in [0.15, 0.2) is 38.5 Å². The summed E-state index contributed by atoms with van der Waals surface area (Å²) in [6.07, 6.45) is 3.20. The molecule has 128 valence electrons. The number of hydrogen-bond acceptors (Lipinski definition) is 5. The van der Waals surface area contributed by atoms with Gasteiger partial charge in [-0.15, -0.1) is 0 Å². The molecular weight excluding hydrogens is 304 g/mol. The zero-order valence-electron chi connectivity index (χ0n) is 14.6. The van der Waals surface area contributed by atoms with Gasteiger partial charge in [-0.05, 0) is 52.7 Å². The summed E-state index contributed by atoms with van der Waals surface area (Å²) in [4.78, 5) is 16.7. The third kappa shape index (κ3) is 3.36. The number of para-hydroxylation sites is 1. The lowest BCUT2D eigenvalue weighted by molar-refractivity contribution is 0.164. The number of hydrogen-bond donors (Lipinski definition) is 2. The second-order valence-electron chi connectivity index (χ2n) is 7.88. The van der Waals surface area contributed by atoms with E-state index in [1.54, 1.807) is 24.3 Å². The van der Waals surface area contributed by atoms with E-state index < -0.39 is 5.63 Å². The van der Waals surface area contributed by atoms with E-state index in [2.05, 4.69) is 38.0 Å². The number of piperidine rings is 1. The smallest absolute Gasteiger partial charge is 0.348 e. The zero-order valence-corrected chi connectivity index (χ0v) is 14.6. The van der Waals surface area contributed by atoms with Crippen LogP contribution in [0.2, 0.25) is 0 Å². The zero-order chi connectivity index (χ0) is 17.5. The van der Waals surface area contributed by atoms with Crippen molar-refractivity contribution in [2.24, 2.45) is 4.99 Å². The fourth-order valence-corrected chi connectivity index (χ4v) is 3.82. The van der Waals surface area contributed by atoms with E-state index in [1.807, 2.05) is 0 Å². The largest absolute Gasteiger partial charge is 0.506 e. The minimum Gasteiger partial charge on any atom is -0.506 e. The Morgan fingerprint density at radius 3 is 2.50 bits per heavy atom. The van der Waals surface area contributed by atoms with Crippen molar-refractivity contribution < 1.29 is 9.52 Å². The van der Waals surface area contributed by atoms with Gasteiger partial charge in [0.2, 0.25) is 0 Å². The third-order valence-corrected chi connectivity index (χ3v) is 4.40. The number of nitrogens with zero attached hydrogens (tertiary/aromatic N) is 1. The van der Waals surface area contributed by atoms with Crippen LogP contribution in [0.25, 0.3) is 11.0 Å². The van der Waals surface area contributed by atoms with Crippen molar-refractivity contribution in [2.45, 2.75) is 57.7 Å². The highest BCUT2D eigenvalue weighted by atomic mass is 16.4. The summed E-state index contributed by atoms with van der Waals surface area (Å²) in [5.74, 6) is -0.0712. The van der Waals surface area contributed by atoms with Gasteiger partial charge in [0.1, 0.15) is 16.9 Å². The lowest BCUT2D eigenvalue weighted by atomic mass is 9.80. The Kier molecular flexibility index (Phi) is 4.00. The Bertz CT molecular complexity index is 833. The molecule has 0 radical (unpaired) electrons. The number of fused-ring (bicyclic) bond motifs is 1. The molecule has 3 rings (SSSR count). The molecule has 0 bridgehead atoms. The molecule has 0 atom stereocenters. The van der Waals surface area contributed by atoms with Crippen LogP contribution >= 0.6 is 0 Å². The molecule has 0 amide bonds. The number of aromatic hydroxyl groups is 1. The molecule has 5 nitrogen and oxygen atoms in total. The Morgan fingerprint density at radius 2 is 1.83 bits per heavy atom. The predicted molar refractivity (Wildman–Crippen MR) is 96.1 cm³/mol. The highest BCUT2D eigenvalue weighted by Crippen LogP contribution is 2.31. The minimum absolute atomic E-state index is 0.0279. The second-order valence-corrected chi connectivity index (χ2v) is 7.88. The third-order valence-electron chi connectivity index (χ3n) is 4.40. The maximum Gasteiger partial charge on any atom is 0.348 e. The monoisotopic (exact) mass is 328 g/mol. The van der Waals surface area contributed by atoms with Crippen molar-refractivity contribution >= 4 is 17.2 Å². The first kappa shape index (κ1) is 16.7. The normalized spacial score (nSPS) is 20.7. The van der Waals surface area contributed by atoms with Crippen molar-refractivity contribution in [1.29, 1.82) is 0 Å². The number of benzene rings is 1. The second kappa shape index (κ2) is 5.74. The molecule has 1 aliphatic rings. The fourth-order valence-electron chi connectivity index (χ4n) is 3.82. The van der Waals surface area contributed by atoms with Gasteiger partial charge < -0.3 is 14.8 Å². The molecule has 1 fully saturated rings. The topological polar surface area (TPSA) is 74.8 Å². The summed E-state index contributed by atoms with van der Waals surface area (Å²) >= 11 is 0. The van der Waals surface area contributed by atoms with E-state index in [0.717, 1.165) is 12.8 Å². The Labute approximate surface area is 141 Å². The van der Waals surface area contributed by atoms with Gasteiger partial charge in [-0.25, -0.2) is 4.79 Å². The van der Waals surface area contributed by atoms with Crippen molar-refractivity contribution in [3.05, 3.63) is 40.2 Å². The van der Waals surface area contributed by atoms with Crippen LogP contribution in [-0.2, 0) is 0 Å². The molecule has 2 heterocycles. The van der Waals surface area contributed by atoms with Gasteiger partial charge in [-0.3, -0.25) is 4.99 Å². The van der Waals surface area contributed by atoms with E-state index in [-0.39, 0.29) is 28.4 Å². The molecule has 2 aromatic rings. The fraction of sp³-hybridized carbons (Fsp3) is 0.474. The number of aliphatic imine (C=N–C) groups is 1. The van der Waals surface area contributed by atoms with Crippen LogP contribution < -0.4 is 10.9 Å². The molecule has 1 aromatic heterocycles. The molecule has 1 aromatic carbocycles.